The molecule has 1 amide bonds. The molecule has 0 spiro atoms. The van der Waals surface area contributed by atoms with Crippen molar-refractivity contribution in [1.29, 1.82) is 0 Å². The predicted molar refractivity (Wildman–Crippen MR) is 86.7 cm³/mol. The van der Waals surface area contributed by atoms with Gasteiger partial charge in [-0.3, -0.25) is 4.79 Å². The molecule has 1 N–H and O–H groups in total. The molecule has 0 unspecified atom stereocenters. The molecule has 4 nitrogen and oxygen atoms in total. The highest BCUT2D eigenvalue weighted by Crippen LogP contribution is 2.23. The smallest absolute Gasteiger partial charge is 0.340 e. The summed E-state index contributed by atoms with van der Waals surface area (Å²) < 4.78 is 30.8. The third kappa shape index (κ3) is 4.80. The first-order valence-electron chi connectivity index (χ1n) is 6.34. The van der Waals surface area contributed by atoms with Crippen LogP contribution in [0.4, 0.5) is 14.5 Å². The van der Waals surface area contributed by atoms with Gasteiger partial charge in [-0.15, -0.1) is 0 Å². The Morgan fingerprint density at radius 2 is 1.54 bits per heavy atom. The number of hydrogen-bond acceptors (Lipinski definition) is 3. The Morgan fingerprint density at radius 3 is 2.17 bits per heavy atom. The summed E-state index contributed by atoms with van der Waals surface area (Å²) in [5.41, 5.74) is -0.0893. The zero-order chi connectivity index (χ0) is 17.9. The first kappa shape index (κ1) is 18.4. The monoisotopic (exact) mass is 393 g/mol. The lowest BCUT2D eigenvalue weighted by atomic mass is 10.2. The second-order valence-electron chi connectivity index (χ2n) is 4.53. The summed E-state index contributed by atoms with van der Waals surface area (Å²) in [7, 11) is 0. The van der Waals surface area contributed by atoms with Gasteiger partial charge in [-0.05, 0) is 30.3 Å². The first-order chi connectivity index (χ1) is 11.3. The Balaban J connectivity index is 1.98. The quantitative estimate of drug-likeness (QED) is 0.603. The number of carbonyl (C=O) groups excluding carboxylic acids is 2. The van der Waals surface area contributed by atoms with Crippen molar-refractivity contribution in [2.75, 3.05) is 11.9 Å². The average molecular weight is 395 g/mol. The topological polar surface area (TPSA) is 55.4 Å². The second kappa shape index (κ2) is 7.79. The van der Waals surface area contributed by atoms with E-state index in [0.29, 0.717) is 27.9 Å². The van der Waals surface area contributed by atoms with E-state index in [9.17, 15) is 18.4 Å². The second-order valence-corrected chi connectivity index (χ2v) is 5.81. The van der Waals surface area contributed by atoms with Gasteiger partial charge in [0.1, 0.15) is 0 Å². The van der Waals surface area contributed by atoms with Crippen LogP contribution in [0.1, 0.15) is 10.4 Å². The molecule has 0 fully saturated rings. The van der Waals surface area contributed by atoms with Crippen LogP contribution in [-0.4, -0.2) is 18.5 Å². The molecule has 0 radical (unpaired) electrons. The molecule has 126 valence electrons. The van der Waals surface area contributed by atoms with E-state index in [1.54, 1.807) is 0 Å². The molecule has 0 saturated heterocycles. The van der Waals surface area contributed by atoms with E-state index in [0.717, 1.165) is 0 Å². The number of benzene rings is 2. The highest BCUT2D eigenvalue weighted by Gasteiger charge is 2.17. The maximum Gasteiger partial charge on any atom is 0.340 e. The number of rotatable bonds is 4. The Bertz CT molecular complexity index is 795. The summed E-state index contributed by atoms with van der Waals surface area (Å²) >= 11 is 17.2. The van der Waals surface area contributed by atoms with Gasteiger partial charge in [0.05, 0.1) is 10.6 Å². The van der Waals surface area contributed by atoms with Gasteiger partial charge in [0.2, 0.25) is 0 Å². The molecule has 24 heavy (non-hydrogen) atoms. The summed E-state index contributed by atoms with van der Waals surface area (Å²) in [6.07, 6.45) is 0. The fourth-order valence-electron chi connectivity index (χ4n) is 1.71. The van der Waals surface area contributed by atoms with Crippen molar-refractivity contribution in [3.05, 3.63) is 62.6 Å². The van der Waals surface area contributed by atoms with Crippen LogP contribution in [0.3, 0.4) is 0 Å². The van der Waals surface area contributed by atoms with Crippen molar-refractivity contribution < 1.29 is 23.1 Å². The number of amides is 1. The minimum absolute atomic E-state index is 0.305. The summed E-state index contributed by atoms with van der Waals surface area (Å²) in [5.74, 6) is -4.21. The zero-order valence-electron chi connectivity index (χ0n) is 11.7. The van der Waals surface area contributed by atoms with Crippen molar-refractivity contribution in [2.45, 2.75) is 0 Å². The van der Waals surface area contributed by atoms with Gasteiger partial charge in [-0.2, -0.15) is 0 Å². The summed E-state index contributed by atoms with van der Waals surface area (Å²) in [6.45, 7) is -0.668. The van der Waals surface area contributed by atoms with Crippen LogP contribution in [-0.2, 0) is 9.53 Å². The Morgan fingerprint density at radius 1 is 0.958 bits per heavy atom. The summed E-state index contributed by atoms with van der Waals surface area (Å²) in [4.78, 5) is 23.5. The van der Waals surface area contributed by atoms with Crippen LogP contribution >= 0.6 is 34.8 Å². The van der Waals surface area contributed by atoms with Gasteiger partial charge in [0, 0.05) is 15.7 Å². The van der Waals surface area contributed by atoms with E-state index in [1.165, 1.54) is 18.2 Å². The summed E-state index contributed by atoms with van der Waals surface area (Å²) in [5, 5.41) is 2.70. The number of nitrogens with one attached hydrogen (secondary N) is 1. The van der Waals surface area contributed by atoms with Crippen molar-refractivity contribution in [2.24, 2.45) is 0 Å². The molecule has 0 bridgehead atoms. The molecular weight excluding hydrogens is 387 g/mol. The van der Waals surface area contributed by atoms with Gasteiger partial charge < -0.3 is 10.1 Å². The molecule has 0 aromatic heterocycles. The minimum Gasteiger partial charge on any atom is -0.452 e. The molecule has 2 aromatic rings. The maximum absolute atomic E-state index is 13.1. The Kier molecular flexibility index (Phi) is 5.99. The molecule has 0 aliphatic carbocycles. The molecule has 0 aliphatic rings. The molecule has 9 heteroatoms. The van der Waals surface area contributed by atoms with Gasteiger partial charge in [-0.25, -0.2) is 13.6 Å². The molecule has 0 saturated carbocycles. The average Bonchev–Trinajstić information content (AvgIpc) is 2.47. The highest BCUT2D eigenvalue weighted by atomic mass is 35.5. The standard InChI is InChI=1S/C15H8Cl3F2NO3/c16-7-1-8(17)3-9(2-7)21-14(22)6-24-15(23)10-4-12(19)13(20)5-11(10)18/h1-5H,6H2,(H,21,22). The third-order valence-corrected chi connectivity index (χ3v) is 3.46. The first-order valence-corrected chi connectivity index (χ1v) is 7.47. The Labute approximate surface area is 150 Å². The summed E-state index contributed by atoms with van der Waals surface area (Å²) in [6, 6.07) is 5.60. The Hall–Kier alpha value is -1.89. The number of halogens is 5. The van der Waals surface area contributed by atoms with Crippen LogP contribution in [0.2, 0.25) is 15.1 Å². The SMILES string of the molecule is O=C(COC(=O)c1cc(F)c(F)cc1Cl)Nc1cc(Cl)cc(Cl)c1. The number of carbonyl (C=O) groups is 2. The lowest BCUT2D eigenvalue weighted by molar-refractivity contribution is -0.119. The van der Waals surface area contributed by atoms with Gasteiger partial charge in [-0.1, -0.05) is 34.8 Å². The van der Waals surface area contributed by atoms with Crippen LogP contribution < -0.4 is 5.32 Å². The number of anilines is 1. The van der Waals surface area contributed by atoms with Crippen LogP contribution in [0, 0.1) is 11.6 Å². The number of ether oxygens (including phenoxy) is 1. The van der Waals surface area contributed by atoms with Crippen LogP contribution in [0.15, 0.2) is 30.3 Å². The van der Waals surface area contributed by atoms with E-state index >= 15 is 0 Å². The van der Waals surface area contributed by atoms with E-state index in [4.69, 9.17) is 39.5 Å². The van der Waals surface area contributed by atoms with Crippen molar-refractivity contribution in [3.63, 3.8) is 0 Å². The molecule has 0 heterocycles. The van der Waals surface area contributed by atoms with Crippen molar-refractivity contribution >= 4 is 52.4 Å². The largest absolute Gasteiger partial charge is 0.452 e. The molecule has 0 aliphatic heterocycles. The third-order valence-electron chi connectivity index (χ3n) is 2.71. The normalized spacial score (nSPS) is 10.4. The van der Waals surface area contributed by atoms with E-state index in [2.05, 4.69) is 5.32 Å². The van der Waals surface area contributed by atoms with E-state index < -0.39 is 35.7 Å². The molecule has 0 atom stereocenters. The lowest BCUT2D eigenvalue weighted by Gasteiger charge is -2.08. The van der Waals surface area contributed by atoms with Gasteiger partial charge in [0.15, 0.2) is 18.2 Å². The fraction of sp³-hybridized carbons (Fsp3) is 0.0667. The lowest BCUT2D eigenvalue weighted by Crippen LogP contribution is -2.21. The van der Waals surface area contributed by atoms with Crippen molar-refractivity contribution in [3.8, 4) is 0 Å². The maximum atomic E-state index is 13.1. The zero-order valence-corrected chi connectivity index (χ0v) is 14.0. The van der Waals surface area contributed by atoms with Gasteiger partial charge in [0.25, 0.3) is 5.91 Å². The number of esters is 1. The van der Waals surface area contributed by atoms with Crippen molar-refractivity contribution in [1.82, 2.24) is 0 Å². The van der Waals surface area contributed by atoms with Gasteiger partial charge >= 0.3 is 5.97 Å². The number of hydrogen-bond donors (Lipinski definition) is 1. The molecular formula is C15H8Cl3F2NO3. The van der Waals surface area contributed by atoms with Crippen LogP contribution in [0.5, 0.6) is 0 Å². The minimum atomic E-state index is -1.26. The fourth-order valence-corrected chi connectivity index (χ4v) is 2.46. The predicted octanol–water partition coefficient (Wildman–Crippen LogP) is 4.72. The van der Waals surface area contributed by atoms with E-state index in [1.807, 2.05) is 0 Å². The highest BCUT2D eigenvalue weighted by molar-refractivity contribution is 6.35. The molecule has 2 aromatic carbocycles. The molecule has 2 rings (SSSR count). The van der Waals surface area contributed by atoms with Crippen LogP contribution in [0.25, 0.3) is 0 Å². The van der Waals surface area contributed by atoms with E-state index in [-0.39, 0.29) is 5.02 Å².